The maximum absolute atomic E-state index is 14.4. The van der Waals surface area contributed by atoms with Crippen LogP contribution in [0.25, 0.3) is 0 Å². The summed E-state index contributed by atoms with van der Waals surface area (Å²) in [4.78, 5) is 38.4. The smallest absolute Gasteiger partial charge is 0.231 e. The van der Waals surface area contributed by atoms with Crippen LogP contribution in [0.1, 0.15) is 49.7 Å². The van der Waals surface area contributed by atoms with Gasteiger partial charge in [-0.15, -0.1) is 0 Å². The molecule has 0 radical (unpaired) electrons. The Morgan fingerprint density at radius 1 is 0.523 bits per heavy atom. The van der Waals surface area contributed by atoms with Crippen molar-refractivity contribution in [3.05, 3.63) is 132 Å². The average Bonchev–Trinajstić information content (AvgIpc) is 3.05. The summed E-state index contributed by atoms with van der Waals surface area (Å²) < 4.78 is 0. The van der Waals surface area contributed by atoms with Crippen molar-refractivity contribution in [1.29, 1.82) is 0 Å². The van der Waals surface area contributed by atoms with Gasteiger partial charge >= 0.3 is 0 Å². The van der Waals surface area contributed by atoms with E-state index in [9.17, 15) is 9.59 Å². The Balaban J connectivity index is 1.18. The molecule has 4 aromatic carbocycles. The Bertz CT molecular complexity index is 1560. The van der Waals surface area contributed by atoms with Crippen LogP contribution in [-0.2, 0) is 9.59 Å². The normalized spacial score (nSPS) is 25.8. The fraction of sp³-hybridized carbons (Fsp3) is 0.263. The number of carbonyl (C=O) groups is 2. The van der Waals surface area contributed by atoms with E-state index in [0.29, 0.717) is 29.9 Å². The van der Waals surface area contributed by atoms with Gasteiger partial charge < -0.3 is 10.6 Å². The van der Waals surface area contributed by atoms with Gasteiger partial charge in [-0.1, -0.05) is 97.1 Å². The molecule has 0 unspecified atom stereocenters. The number of hydrogen-bond donors (Lipinski definition) is 2. The lowest BCUT2D eigenvalue weighted by molar-refractivity contribution is -0.165. The van der Waals surface area contributed by atoms with Gasteiger partial charge in [0.1, 0.15) is 11.7 Å². The van der Waals surface area contributed by atoms with Crippen molar-refractivity contribution in [2.45, 2.75) is 38.5 Å². The molecule has 4 aliphatic carbocycles. The molecule has 0 saturated heterocycles. The van der Waals surface area contributed by atoms with Crippen LogP contribution in [0.3, 0.4) is 0 Å². The van der Waals surface area contributed by atoms with Crippen molar-refractivity contribution in [3.8, 4) is 0 Å². The number of para-hydroxylation sites is 2. The second-order valence-electron chi connectivity index (χ2n) is 12.8. The first-order valence-electron chi connectivity index (χ1n) is 15.5. The van der Waals surface area contributed by atoms with E-state index in [1.165, 1.54) is 0 Å². The Kier molecular flexibility index (Phi) is 7.42. The fourth-order valence-corrected chi connectivity index (χ4v) is 8.06. The third kappa shape index (κ3) is 5.60. The molecule has 4 bridgehead atoms. The Morgan fingerprint density at radius 2 is 0.864 bits per heavy atom. The molecular weight excluding hydrogens is 544 g/mol. The number of nitrogens with one attached hydrogen (secondary N) is 2. The number of rotatable bonds is 6. The summed E-state index contributed by atoms with van der Waals surface area (Å²) in [5.41, 5.74) is 2.03. The highest BCUT2D eigenvalue weighted by Gasteiger charge is 2.63. The number of amides is 2. The Hall–Kier alpha value is -4.84. The van der Waals surface area contributed by atoms with Gasteiger partial charge in [0.2, 0.25) is 11.8 Å². The monoisotopic (exact) mass is 580 g/mol. The molecule has 8 rings (SSSR count). The average molecular weight is 581 g/mol. The molecule has 4 aliphatic rings. The molecule has 4 aromatic rings. The lowest BCUT2D eigenvalue weighted by atomic mass is 9.43. The summed E-state index contributed by atoms with van der Waals surface area (Å²) in [7, 11) is 0. The van der Waals surface area contributed by atoms with E-state index in [4.69, 9.17) is 9.98 Å². The lowest BCUT2D eigenvalue weighted by Gasteiger charge is -2.60. The topological polar surface area (TPSA) is 82.9 Å². The molecule has 6 nitrogen and oxygen atoms in total. The van der Waals surface area contributed by atoms with Crippen LogP contribution < -0.4 is 10.6 Å². The number of benzene rings is 4. The molecule has 0 atom stereocenters. The highest BCUT2D eigenvalue weighted by Crippen LogP contribution is 2.65. The van der Waals surface area contributed by atoms with Crippen molar-refractivity contribution in [2.75, 3.05) is 0 Å². The van der Waals surface area contributed by atoms with Gasteiger partial charge in [-0.2, -0.15) is 0 Å². The van der Waals surface area contributed by atoms with Crippen molar-refractivity contribution in [2.24, 2.45) is 32.7 Å². The second kappa shape index (κ2) is 11.7. The van der Waals surface area contributed by atoms with Crippen molar-refractivity contribution in [1.82, 2.24) is 10.6 Å². The van der Waals surface area contributed by atoms with E-state index in [0.717, 1.165) is 54.6 Å². The van der Waals surface area contributed by atoms with Gasteiger partial charge in [0.05, 0.1) is 22.2 Å². The molecule has 44 heavy (non-hydrogen) atoms. The van der Waals surface area contributed by atoms with Gasteiger partial charge in [-0.05, 0) is 74.6 Å². The maximum atomic E-state index is 14.4. The van der Waals surface area contributed by atoms with Gasteiger partial charge in [0.15, 0.2) is 0 Å². The first kappa shape index (κ1) is 28.0. The largest absolute Gasteiger partial charge is 0.310 e. The summed E-state index contributed by atoms with van der Waals surface area (Å²) in [6.45, 7) is 0. The predicted octanol–water partition coefficient (Wildman–Crippen LogP) is 7.36. The maximum Gasteiger partial charge on any atom is 0.231 e. The van der Waals surface area contributed by atoms with Crippen molar-refractivity contribution < 1.29 is 9.59 Å². The van der Waals surface area contributed by atoms with E-state index < -0.39 is 10.8 Å². The SMILES string of the molecule is O=C(NC(=Nc1ccccc1)c1ccccc1)C12CC3CC(C1)CC(C(=O)NC(=Nc1ccccc1)c1ccccc1)(C3)C2. The summed E-state index contributed by atoms with van der Waals surface area (Å²) >= 11 is 0. The van der Waals surface area contributed by atoms with Crippen molar-refractivity contribution in [3.63, 3.8) is 0 Å². The van der Waals surface area contributed by atoms with Gasteiger partial charge in [-0.3, -0.25) is 9.59 Å². The van der Waals surface area contributed by atoms with Crippen LogP contribution >= 0.6 is 0 Å². The predicted molar refractivity (Wildman–Crippen MR) is 174 cm³/mol. The summed E-state index contributed by atoms with van der Waals surface area (Å²) in [6.07, 6.45) is 4.84. The van der Waals surface area contributed by atoms with Crippen LogP contribution in [0, 0.1) is 22.7 Å². The third-order valence-electron chi connectivity index (χ3n) is 9.58. The first-order chi connectivity index (χ1) is 21.5. The first-order valence-corrected chi connectivity index (χ1v) is 15.5. The standard InChI is InChI=1S/C38H36N4O2/c43-35(41-33(29-13-5-1-6-14-29)39-31-17-9-3-10-18-31)37-22-27-21-28(23-37)25-38(24-27,26-37)36(44)42-34(30-15-7-2-8-16-30)40-32-19-11-4-12-20-32/h1-20,27-28H,21-26H2,(H,39,41,43)(H,40,42,44). The molecule has 4 saturated carbocycles. The lowest BCUT2D eigenvalue weighted by Crippen LogP contribution is -2.62. The van der Waals surface area contributed by atoms with E-state index in [1.807, 2.05) is 121 Å². The van der Waals surface area contributed by atoms with Gasteiger partial charge in [-0.25, -0.2) is 9.98 Å². The van der Waals surface area contributed by atoms with E-state index in [2.05, 4.69) is 10.6 Å². The number of hydrogen-bond acceptors (Lipinski definition) is 4. The molecule has 0 heterocycles. The third-order valence-corrected chi connectivity index (χ3v) is 9.58. The highest BCUT2D eigenvalue weighted by molar-refractivity contribution is 6.12. The van der Waals surface area contributed by atoms with Gasteiger partial charge in [0.25, 0.3) is 0 Å². The van der Waals surface area contributed by atoms with Crippen LogP contribution in [0.4, 0.5) is 11.4 Å². The summed E-state index contributed by atoms with van der Waals surface area (Å²) in [5, 5.41) is 6.50. The quantitative estimate of drug-likeness (QED) is 0.185. The number of aliphatic imine (C=N–C) groups is 2. The zero-order valence-electron chi connectivity index (χ0n) is 24.7. The molecule has 220 valence electrons. The number of nitrogens with zero attached hydrogens (tertiary/aromatic N) is 2. The molecule has 0 aromatic heterocycles. The van der Waals surface area contributed by atoms with Crippen LogP contribution in [-0.4, -0.2) is 23.5 Å². The molecule has 0 spiro atoms. The van der Waals surface area contributed by atoms with Crippen LogP contribution in [0.15, 0.2) is 131 Å². The minimum atomic E-state index is -0.614. The van der Waals surface area contributed by atoms with E-state index in [1.54, 1.807) is 0 Å². The summed E-state index contributed by atoms with van der Waals surface area (Å²) in [6, 6.07) is 39.0. The van der Waals surface area contributed by atoms with Gasteiger partial charge in [0, 0.05) is 11.1 Å². The Morgan fingerprint density at radius 3 is 1.23 bits per heavy atom. The Labute approximate surface area is 258 Å². The fourth-order valence-electron chi connectivity index (χ4n) is 8.06. The minimum absolute atomic E-state index is 0.0245. The highest BCUT2D eigenvalue weighted by atomic mass is 16.2. The molecule has 4 fully saturated rings. The zero-order chi connectivity index (χ0) is 30.0. The number of carbonyl (C=O) groups excluding carboxylic acids is 2. The minimum Gasteiger partial charge on any atom is -0.310 e. The van der Waals surface area contributed by atoms with E-state index in [-0.39, 0.29) is 11.8 Å². The van der Waals surface area contributed by atoms with Crippen LogP contribution in [0.5, 0.6) is 0 Å². The number of amidine groups is 2. The molecular formula is C38H36N4O2. The molecule has 0 aliphatic heterocycles. The van der Waals surface area contributed by atoms with Crippen LogP contribution in [0.2, 0.25) is 0 Å². The summed E-state index contributed by atoms with van der Waals surface area (Å²) in [5.74, 6) is 1.71. The second-order valence-corrected chi connectivity index (χ2v) is 12.8. The van der Waals surface area contributed by atoms with Crippen molar-refractivity contribution >= 4 is 34.9 Å². The molecule has 2 amide bonds. The van der Waals surface area contributed by atoms with E-state index >= 15 is 0 Å². The molecule has 2 N–H and O–H groups in total. The molecule has 6 heteroatoms. The zero-order valence-corrected chi connectivity index (χ0v) is 24.7.